The van der Waals surface area contributed by atoms with E-state index in [2.05, 4.69) is 10.3 Å². The van der Waals surface area contributed by atoms with E-state index in [-0.39, 0.29) is 11.8 Å². The van der Waals surface area contributed by atoms with E-state index >= 15 is 0 Å². The molecule has 1 saturated heterocycles. The summed E-state index contributed by atoms with van der Waals surface area (Å²) in [5.41, 5.74) is 1.57. The van der Waals surface area contributed by atoms with Gasteiger partial charge in [-0.15, -0.1) is 0 Å². The van der Waals surface area contributed by atoms with Crippen LogP contribution in [-0.2, 0) is 16.2 Å². The molecule has 0 aliphatic carbocycles. The van der Waals surface area contributed by atoms with Crippen molar-refractivity contribution >= 4 is 17.5 Å². The molecule has 0 spiro atoms. The molecule has 1 unspecified atom stereocenters. The third-order valence-electron chi connectivity index (χ3n) is 4.53. The van der Waals surface area contributed by atoms with Crippen molar-refractivity contribution in [1.29, 1.82) is 0 Å². The molecule has 0 saturated carbocycles. The molecule has 7 nitrogen and oxygen atoms in total. The van der Waals surface area contributed by atoms with Gasteiger partial charge in [0.25, 0.3) is 0 Å². The summed E-state index contributed by atoms with van der Waals surface area (Å²) in [5, 5.41) is 2.88. The summed E-state index contributed by atoms with van der Waals surface area (Å²) in [5.74, 6) is 0.840. The number of amides is 2. The number of methoxy groups -OCH3 is 1. The van der Waals surface area contributed by atoms with E-state index in [1.165, 1.54) is 6.92 Å². The number of hydrogen-bond donors (Lipinski definition) is 1. The number of benzene rings is 1. The highest BCUT2D eigenvalue weighted by atomic mass is 16.5. The van der Waals surface area contributed by atoms with Crippen molar-refractivity contribution in [3.05, 3.63) is 48.3 Å². The molecule has 0 radical (unpaired) electrons. The van der Waals surface area contributed by atoms with E-state index < -0.39 is 6.04 Å². The molecular weight excluding hydrogens is 346 g/mol. The first kappa shape index (κ1) is 18.7. The van der Waals surface area contributed by atoms with E-state index in [4.69, 9.17) is 9.47 Å². The average molecular weight is 369 g/mol. The summed E-state index contributed by atoms with van der Waals surface area (Å²) in [6.07, 6.45) is 4.91. The van der Waals surface area contributed by atoms with Crippen molar-refractivity contribution in [3.8, 4) is 11.5 Å². The number of nitrogens with zero attached hydrogens (tertiary/aromatic N) is 2. The second kappa shape index (κ2) is 8.53. The largest absolute Gasteiger partial charge is 0.493 e. The lowest BCUT2D eigenvalue weighted by Crippen LogP contribution is -2.42. The molecule has 1 aromatic heterocycles. The van der Waals surface area contributed by atoms with Crippen LogP contribution in [0.2, 0.25) is 0 Å². The third-order valence-corrected chi connectivity index (χ3v) is 4.53. The number of carbonyl (C=O) groups is 2. The summed E-state index contributed by atoms with van der Waals surface area (Å²) in [6.45, 7) is 2.47. The molecule has 3 rings (SSSR count). The number of ether oxygens (including phenoxy) is 2. The van der Waals surface area contributed by atoms with Crippen LogP contribution in [-0.4, -0.2) is 41.4 Å². The Morgan fingerprint density at radius 2 is 2.00 bits per heavy atom. The summed E-state index contributed by atoms with van der Waals surface area (Å²) < 4.78 is 11.2. The van der Waals surface area contributed by atoms with Crippen molar-refractivity contribution in [2.45, 2.75) is 32.4 Å². The fourth-order valence-electron chi connectivity index (χ4n) is 3.15. The second-order valence-electron chi connectivity index (χ2n) is 6.37. The highest BCUT2D eigenvalue weighted by Crippen LogP contribution is 2.31. The maximum absolute atomic E-state index is 12.6. The Bertz CT molecular complexity index is 810. The molecule has 7 heteroatoms. The van der Waals surface area contributed by atoms with E-state index in [9.17, 15) is 9.59 Å². The van der Waals surface area contributed by atoms with Crippen LogP contribution in [0, 0.1) is 0 Å². The highest BCUT2D eigenvalue weighted by Gasteiger charge is 2.32. The number of aromatic nitrogens is 1. The van der Waals surface area contributed by atoms with Gasteiger partial charge in [-0.1, -0.05) is 0 Å². The molecule has 27 heavy (non-hydrogen) atoms. The first-order valence-electron chi connectivity index (χ1n) is 8.86. The number of likely N-dealkylation sites (tertiary alicyclic amines) is 1. The fraction of sp³-hybridized carbons (Fsp3) is 0.350. The van der Waals surface area contributed by atoms with E-state index in [1.54, 1.807) is 42.6 Å². The lowest BCUT2D eigenvalue weighted by molar-refractivity contribution is -0.134. The van der Waals surface area contributed by atoms with Gasteiger partial charge in [0.05, 0.1) is 7.11 Å². The second-order valence-corrected chi connectivity index (χ2v) is 6.37. The maximum atomic E-state index is 12.6. The van der Waals surface area contributed by atoms with Gasteiger partial charge in [0.15, 0.2) is 11.5 Å². The normalized spacial score (nSPS) is 16.1. The van der Waals surface area contributed by atoms with Crippen molar-refractivity contribution < 1.29 is 19.1 Å². The number of rotatable bonds is 6. The Labute approximate surface area is 158 Å². The number of anilines is 1. The van der Waals surface area contributed by atoms with Crippen molar-refractivity contribution in [2.24, 2.45) is 0 Å². The third kappa shape index (κ3) is 4.55. The zero-order valence-corrected chi connectivity index (χ0v) is 15.5. The minimum Gasteiger partial charge on any atom is -0.493 e. The summed E-state index contributed by atoms with van der Waals surface area (Å²) in [6, 6.07) is 8.54. The van der Waals surface area contributed by atoms with Crippen molar-refractivity contribution in [1.82, 2.24) is 9.88 Å². The van der Waals surface area contributed by atoms with Gasteiger partial charge in [-0.2, -0.15) is 0 Å². The molecule has 1 fully saturated rings. The maximum Gasteiger partial charge on any atom is 0.247 e. The zero-order valence-electron chi connectivity index (χ0n) is 15.5. The van der Waals surface area contributed by atoms with Crippen LogP contribution in [0.3, 0.4) is 0 Å². The van der Waals surface area contributed by atoms with Crippen LogP contribution in [0.15, 0.2) is 42.7 Å². The summed E-state index contributed by atoms with van der Waals surface area (Å²) in [7, 11) is 1.57. The topological polar surface area (TPSA) is 80.8 Å². The van der Waals surface area contributed by atoms with E-state index in [1.807, 2.05) is 12.1 Å². The molecule has 1 aliphatic rings. The van der Waals surface area contributed by atoms with Crippen molar-refractivity contribution in [2.75, 3.05) is 19.0 Å². The van der Waals surface area contributed by atoms with Gasteiger partial charge in [-0.05, 0) is 42.7 Å². The van der Waals surface area contributed by atoms with Gasteiger partial charge in [0, 0.05) is 37.6 Å². The summed E-state index contributed by atoms with van der Waals surface area (Å²) >= 11 is 0. The average Bonchev–Trinajstić information content (AvgIpc) is 3.18. The van der Waals surface area contributed by atoms with Crippen molar-refractivity contribution in [3.63, 3.8) is 0 Å². The number of nitrogens with one attached hydrogen (secondary N) is 1. The van der Waals surface area contributed by atoms with Crippen LogP contribution in [0.5, 0.6) is 11.5 Å². The van der Waals surface area contributed by atoms with Crippen LogP contribution in [0.4, 0.5) is 5.69 Å². The van der Waals surface area contributed by atoms with Crippen LogP contribution >= 0.6 is 0 Å². The van der Waals surface area contributed by atoms with Crippen LogP contribution in [0.25, 0.3) is 0 Å². The zero-order chi connectivity index (χ0) is 19.2. The molecule has 1 aromatic carbocycles. The van der Waals surface area contributed by atoms with Gasteiger partial charge >= 0.3 is 0 Å². The molecular formula is C20H23N3O4. The first-order chi connectivity index (χ1) is 13.1. The lowest BCUT2D eigenvalue weighted by atomic mass is 10.2. The van der Waals surface area contributed by atoms with Crippen LogP contribution < -0.4 is 14.8 Å². The molecule has 2 amide bonds. The first-order valence-corrected chi connectivity index (χ1v) is 8.86. The lowest BCUT2D eigenvalue weighted by Gasteiger charge is -2.22. The van der Waals surface area contributed by atoms with Gasteiger partial charge in [-0.25, -0.2) is 0 Å². The SMILES string of the molecule is COc1ccc(NC(=O)C2CCCN2C(C)=O)cc1OCc1ccncc1. The predicted octanol–water partition coefficient (Wildman–Crippen LogP) is 2.62. The van der Waals surface area contributed by atoms with Gasteiger partial charge in [-0.3, -0.25) is 14.6 Å². The Kier molecular flexibility index (Phi) is 5.90. The van der Waals surface area contributed by atoms with Crippen LogP contribution in [0.1, 0.15) is 25.3 Å². The number of pyridine rings is 1. The van der Waals surface area contributed by atoms with E-state index in [0.29, 0.717) is 36.8 Å². The molecule has 2 aromatic rings. The molecule has 1 aliphatic heterocycles. The Morgan fingerprint density at radius 1 is 1.22 bits per heavy atom. The minimum absolute atomic E-state index is 0.0799. The Balaban J connectivity index is 1.70. The molecule has 2 heterocycles. The molecule has 0 bridgehead atoms. The van der Waals surface area contributed by atoms with Gasteiger partial charge < -0.3 is 19.7 Å². The number of carbonyl (C=O) groups excluding carboxylic acids is 2. The monoisotopic (exact) mass is 369 g/mol. The quantitative estimate of drug-likeness (QED) is 0.847. The summed E-state index contributed by atoms with van der Waals surface area (Å²) in [4.78, 5) is 29.9. The Morgan fingerprint density at radius 3 is 2.70 bits per heavy atom. The van der Waals surface area contributed by atoms with Gasteiger partial charge in [0.1, 0.15) is 12.6 Å². The molecule has 142 valence electrons. The Hall–Kier alpha value is -3.09. The highest BCUT2D eigenvalue weighted by molar-refractivity contribution is 5.97. The standard InChI is InChI=1S/C20H23N3O4/c1-14(24)23-11-3-4-17(23)20(25)22-16-5-6-18(26-2)19(12-16)27-13-15-7-9-21-10-8-15/h5-10,12,17H,3-4,11,13H2,1-2H3,(H,22,25). The van der Waals surface area contributed by atoms with Gasteiger partial charge in [0.2, 0.25) is 11.8 Å². The minimum atomic E-state index is -0.425. The predicted molar refractivity (Wildman–Crippen MR) is 101 cm³/mol. The smallest absolute Gasteiger partial charge is 0.247 e. The van der Waals surface area contributed by atoms with E-state index in [0.717, 1.165) is 12.0 Å². The number of hydrogen-bond acceptors (Lipinski definition) is 5. The molecule has 1 atom stereocenters. The molecule has 1 N–H and O–H groups in total. The fourth-order valence-corrected chi connectivity index (χ4v) is 3.15.